The fourth-order valence-electron chi connectivity index (χ4n) is 3.30. The number of carbonyl (C=O) groups excluding carboxylic acids is 1. The zero-order chi connectivity index (χ0) is 21.8. The SMILES string of the molecule is CCOc1ccc(N2C(=O)/C(=C\c3cccc(OC)c3)N=C2c2ccc(Br)cc2)cc1. The lowest BCUT2D eigenvalue weighted by Crippen LogP contribution is -2.32. The van der Waals surface area contributed by atoms with Gasteiger partial charge < -0.3 is 9.47 Å². The van der Waals surface area contributed by atoms with E-state index in [0.717, 1.165) is 32.8 Å². The van der Waals surface area contributed by atoms with Crippen LogP contribution >= 0.6 is 15.9 Å². The van der Waals surface area contributed by atoms with E-state index in [2.05, 4.69) is 15.9 Å². The second-order valence-corrected chi connectivity index (χ2v) is 7.73. The normalized spacial score (nSPS) is 14.7. The zero-order valence-electron chi connectivity index (χ0n) is 17.2. The van der Waals surface area contributed by atoms with E-state index in [1.807, 2.05) is 79.7 Å². The Balaban J connectivity index is 1.77. The van der Waals surface area contributed by atoms with Gasteiger partial charge in [0, 0.05) is 10.0 Å². The van der Waals surface area contributed by atoms with Crippen LogP contribution in [-0.4, -0.2) is 25.5 Å². The van der Waals surface area contributed by atoms with E-state index in [0.29, 0.717) is 18.1 Å². The molecule has 1 aliphatic rings. The first-order valence-corrected chi connectivity index (χ1v) is 10.7. The standard InChI is InChI=1S/C25H21BrN2O3/c1-3-31-21-13-11-20(12-14-21)28-24(18-7-9-19(26)10-8-18)27-23(25(28)29)16-17-5-4-6-22(15-17)30-2/h4-16H,3H2,1-2H3/b23-16+. The topological polar surface area (TPSA) is 51.1 Å². The molecule has 0 saturated carbocycles. The Hall–Kier alpha value is -3.38. The van der Waals surface area contributed by atoms with Crippen molar-refractivity contribution in [1.82, 2.24) is 0 Å². The van der Waals surface area contributed by atoms with E-state index < -0.39 is 0 Å². The lowest BCUT2D eigenvalue weighted by molar-refractivity contribution is -0.113. The summed E-state index contributed by atoms with van der Waals surface area (Å²) in [6.45, 7) is 2.52. The van der Waals surface area contributed by atoms with Crippen LogP contribution in [0.1, 0.15) is 18.1 Å². The molecule has 1 heterocycles. The highest BCUT2D eigenvalue weighted by Gasteiger charge is 2.32. The van der Waals surface area contributed by atoms with Gasteiger partial charge in [0.25, 0.3) is 5.91 Å². The molecule has 0 fully saturated rings. The van der Waals surface area contributed by atoms with Gasteiger partial charge in [-0.1, -0.05) is 40.2 Å². The number of carbonyl (C=O) groups is 1. The molecule has 3 aromatic rings. The van der Waals surface area contributed by atoms with Gasteiger partial charge in [-0.2, -0.15) is 0 Å². The molecule has 5 nitrogen and oxygen atoms in total. The van der Waals surface area contributed by atoms with Gasteiger partial charge in [-0.15, -0.1) is 0 Å². The smallest absolute Gasteiger partial charge is 0.282 e. The summed E-state index contributed by atoms with van der Waals surface area (Å²) in [7, 11) is 1.62. The highest BCUT2D eigenvalue weighted by Crippen LogP contribution is 2.30. The molecular weight excluding hydrogens is 456 g/mol. The molecule has 0 atom stereocenters. The summed E-state index contributed by atoms with van der Waals surface area (Å²) in [4.78, 5) is 19.7. The van der Waals surface area contributed by atoms with Crippen molar-refractivity contribution >= 4 is 39.4 Å². The summed E-state index contributed by atoms with van der Waals surface area (Å²) in [6, 6.07) is 22.7. The van der Waals surface area contributed by atoms with Crippen LogP contribution in [0.15, 0.2) is 88.0 Å². The summed E-state index contributed by atoms with van der Waals surface area (Å²) in [5.74, 6) is 1.87. The van der Waals surface area contributed by atoms with Gasteiger partial charge in [-0.3, -0.25) is 9.69 Å². The maximum absolute atomic E-state index is 13.4. The molecule has 1 amide bonds. The molecule has 156 valence electrons. The van der Waals surface area contributed by atoms with Crippen LogP contribution in [-0.2, 0) is 4.79 Å². The Kier molecular flexibility index (Phi) is 6.18. The molecule has 6 heteroatoms. The van der Waals surface area contributed by atoms with Crippen molar-refractivity contribution in [3.8, 4) is 11.5 Å². The zero-order valence-corrected chi connectivity index (χ0v) is 18.8. The van der Waals surface area contributed by atoms with Crippen LogP contribution in [0.5, 0.6) is 11.5 Å². The third-order valence-corrected chi connectivity index (χ3v) is 5.29. The number of halogens is 1. The maximum Gasteiger partial charge on any atom is 0.282 e. The van der Waals surface area contributed by atoms with Crippen molar-refractivity contribution in [3.05, 3.63) is 94.1 Å². The van der Waals surface area contributed by atoms with Gasteiger partial charge in [0.05, 0.1) is 19.4 Å². The fourth-order valence-corrected chi connectivity index (χ4v) is 3.56. The van der Waals surface area contributed by atoms with E-state index in [1.165, 1.54) is 0 Å². The quantitative estimate of drug-likeness (QED) is 0.429. The van der Waals surface area contributed by atoms with Crippen LogP contribution in [0, 0.1) is 0 Å². The molecule has 0 aliphatic carbocycles. The van der Waals surface area contributed by atoms with Gasteiger partial charge in [0.1, 0.15) is 23.0 Å². The third kappa shape index (κ3) is 4.54. The highest BCUT2D eigenvalue weighted by molar-refractivity contribution is 9.10. The molecule has 1 aliphatic heterocycles. The number of hydrogen-bond acceptors (Lipinski definition) is 4. The molecule has 0 N–H and O–H groups in total. The van der Waals surface area contributed by atoms with Crippen LogP contribution in [0.4, 0.5) is 5.69 Å². The average molecular weight is 477 g/mol. The van der Waals surface area contributed by atoms with Crippen molar-refractivity contribution in [1.29, 1.82) is 0 Å². The molecule has 4 rings (SSSR count). The van der Waals surface area contributed by atoms with Crippen LogP contribution in [0.2, 0.25) is 0 Å². The number of aliphatic imine (C=N–C) groups is 1. The van der Waals surface area contributed by atoms with Crippen molar-refractivity contribution in [2.75, 3.05) is 18.6 Å². The largest absolute Gasteiger partial charge is 0.497 e. The molecule has 0 aromatic heterocycles. The maximum atomic E-state index is 13.4. The number of amidine groups is 1. The molecule has 0 unspecified atom stereocenters. The Morgan fingerprint density at radius 2 is 1.74 bits per heavy atom. The average Bonchev–Trinajstić information content (AvgIpc) is 3.11. The van der Waals surface area contributed by atoms with Gasteiger partial charge >= 0.3 is 0 Å². The Bertz CT molecular complexity index is 1150. The monoisotopic (exact) mass is 476 g/mol. The van der Waals surface area contributed by atoms with Gasteiger partial charge in [-0.25, -0.2) is 4.99 Å². The molecule has 0 bridgehead atoms. The highest BCUT2D eigenvalue weighted by atomic mass is 79.9. The second kappa shape index (κ2) is 9.18. The van der Waals surface area contributed by atoms with E-state index in [1.54, 1.807) is 18.1 Å². The van der Waals surface area contributed by atoms with E-state index >= 15 is 0 Å². The molecule has 0 radical (unpaired) electrons. The van der Waals surface area contributed by atoms with Crippen LogP contribution in [0.25, 0.3) is 6.08 Å². The first kappa shape index (κ1) is 20.9. The van der Waals surface area contributed by atoms with Crippen LogP contribution in [0.3, 0.4) is 0 Å². The summed E-state index contributed by atoms with van der Waals surface area (Å²) in [5.41, 5.74) is 2.78. The van der Waals surface area contributed by atoms with Gasteiger partial charge in [0.2, 0.25) is 0 Å². The van der Waals surface area contributed by atoms with E-state index in [-0.39, 0.29) is 5.91 Å². The summed E-state index contributed by atoms with van der Waals surface area (Å²) < 4.78 is 11.8. The molecular formula is C25H21BrN2O3. The number of ether oxygens (including phenoxy) is 2. The first-order valence-electron chi connectivity index (χ1n) is 9.86. The molecule has 3 aromatic carbocycles. The first-order chi connectivity index (χ1) is 15.1. The minimum atomic E-state index is -0.190. The minimum absolute atomic E-state index is 0.190. The number of anilines is 1. The third-order valence-electron chi connectivity index (χ3n) is 4.77. The van der Waals surface area contributed by atoms with Crippen molar-refractivity contribution in [2.45, 2.75) is 6.92 Å². The number of methoxy groups -OCH3 is 1. The summed E-state index contributed by atoms with van der Waals surface area (Å²) >= 11 is 3.46. The predicted molar refractivity (Wildman–Crippen MR) is 127 cm³/mol. The Morgan fingerprint density at radius 1 is 1.00 bits per heavy atom. The lowest BCUT2D eigenvalue weighted by atomic mass is 10.1. The van der Waals surface area contributed by atoms with Crippen LogP contribution < -0.4 is 14.4 Å². The van der Waals surface area contributed by atoms with Crippen molar-refractivity contribution in [2.24, 2.45) is 4.99 Å². The number of nitrogens with zero attached hydrogens (tertiary/aromatic N) is 2. The number of rotatable bonds is 6. The van der Waals surface area contributed by atoms with E-state index in [4.69, 9.17) is 14.5 Å². The van der Waals surface area contributed by atoms with Gasteiger partial charge in [0.15, 0.2) is 0 Å². The van der Waals surface area contributed by atoms with Crippen molar-refractivity contribution in [3.63, 3.8) is 0 Å². The fraction of sp³-hybridized carbons (Fsp3) is 0.120. The Labute approximate surface area is 189 Å². The lowest BCUT2D eigenvalue weighted by Gasteiger charge is -2.19. The number of amides is 1. The van der Waals surface area contributed by atoms with Crippen molar-refractivity contribution < 1.29 is 14.3 Å². The number of hydrogen-bond donors (Lipinski definition) is 0. The molecule has 0 saturated heterocycles. The van der Waals surface area contributed by atoms with E-state index in [9.17, 15) is 4.79 Å². The van der Waals surface area contributed by atoms with Gasteiger partial charge in [-0.05, 0) is 67.1 Å². The Morgan fingerprint density at radius 3 is 2.42 bits per heavy atom. The number of benzene rings is 3. The second-order valence-electron chi connectivity index (χ2n) is 6.82. The minimum Gasteiger partial charge on any atom is -0.497 e. The summed E-state index contributed by atoms with van der Waals surface area (Å²) in [5, 5.41) is 0. The predicted octanol–water partition coefficient (Wildman–Crippen LogP) is 5.69. The molecule has 0 spiro atoms. The summed E-state index contributed by atoms with van der Waals surface area (Å²) in [6.07, 6.45) is 1.78. The molecule has 31 heavy (non-hydrogen) atoms.